The molecule has 0 amide bonds. The first kappa shape index (κ1) is 19.6. The highest BCUT2D eigenvalue weighted by atomic mass is 19.1. The van der Waals surface area contributed by atoms with Gasteiger partial charge >= 0.3 is 0 Å². The number of fused-ring (bicyclic) bond motifs is 1. The molecule has 4 aromatic rings. The van der Waals surface area contributed by atoms with Gasteiger partial charge in [0.05, 0.1) is 6.61 Å². The average Bonchev–Trinajstić information content (AvgIpc) is 3.13. The van der Waals surface area contributed by atoms with Gasteiger partial charge in [-0.1, -0.05) is 35.5 Å². The third kappa shape index (κ3) is 4.96. The Kier molecular flexibility index (Phi) is 6.76. The fourth-order valence-electron chi connectivity index (χ4n) is 2.80. The van der Waals surface area contributed by atoms with Crippen LogP contribution in [0.25, 0.3) is 22.2 Å². The minimum absolute atomic E-state index is 0.332. The fraction of sp³-hybridized carbons (Fsp3) is 0.174. The monoisotopic (exact) mass is 378 g/mol. The van der Waals surface area contributed by atoms with Crippen molar-refractivity contribution in [2.24, 2.45) is 0 Å². The molecule has 0 saturated heterocycles. The van der Waals surface area contributed by atoms with Crippen molar-refractivity contribution in [3.63, 3.8) is 0 Å². The van der Waals surface area contributed by atoms with E-state index in [1.54, 1.807) is 6.07 Å². The van der Waals surface area contributed by atoms with Crippen molar-refractivity contribution in [1.82, 2.24) is 10.5 Å². The van der Waals surface area contributed by atoms with Gasteiger partial charge in [0.25, 0.3) is 0 Å². The Balaban J connectivity index is 0.000000211. The van der Waals surface area contributed by atoms with Crippen molar-refractivity contribution in [2.75, 3.05) is 13.7 Å². The van der Waals surface area contributed by atoms with E-state index < -0.39 is 0 Å². The zero-order chi connectivity index (χ0) is 19.8. The van der Waals surface area contributed by atoms with Crippen LogP contribution in [0.2, 0.25) is 0 Å². The van der Waals surface area contributed by atoms with Gasteiger partial charge < -0.3 is 14.6 Å². The second-order valence-electron chi connectivity index (χ2n) is 6.14. The third-order valence-corrected chi connectivity index (χ3v) is 4.10. The van der Waals surface area contributed by atoms with E-state index in [9.17, 15) is 4.39 Å². The van der Waals surface area contributed by atoms with Crippen molar-refractivity contribution in [3.8, 4) is 17.0 Å². The van der Waals surface area contributed by atoms with Crippen LogP contribution < -0.4 is 10.1 Å². The van der Waals surface area contributed by atoms with Gasteiger partial charge in [0, 0.05) is 23.6 Å². The molecule has 0 spiro atoms. The Morgan fingerprint density at radius 3 is 2.43 bits per heavy atom. The molecule has 1 heterocycles. The molecule has 0 bridgehead atoms. The summed E-state index contributed by atoms with van der Waals surface area (Å²) in [4.78, 5) is 0. The summed E-state index contributed by atoms with van der Waals surface area (Å²) < 4.78 is 23.6. The number of aromatic nitrogens is 1. The first-order valence-electron chi connectivity index (χ1n) is 9.18. The van der Waals surface area contributed by atoms with Crippen molar-refractivity contribution >= 4 is 11.0 Å². The molecule has 4 nitrogen and oxygen atoms in total. The highest BCUT2D eigenvalue weighted by Gasteiger charge is 2.11. The molecule has 0 radical (unpaired) electrons. The van der Waals surface area contributed by atoms with Gasteiger partial charge in [-0.25, -0.2) is 4.39 Å². The summed E-state index contributed by atoms with van der Waals surface area (Å²) in [5.41, 5.74) is 3.40. The molecule has 0 fully saturated rings. The molecule has 1 aromatic heterocycles. The SMILES string of the molecule is CCOc1ccc(-c2noc3cc(F)ccc23)cc1.CNCc1ccccc1. The molecule has 4 rings (SSSR count). The van der Waals surface area contributed by atoms with E-state index in [4.69, 9.17) is 9.26 Å². The number of hydrogen-bond donors (Lipinski definition) is 1. The van der Waals surface area contributed by atoms with E-state index in [2.05, 4.69) is 22.6 Å². The summed E-state index contributed by atoms with van der Waals surface area (Å²) >= 11 is 0. The van der Waals surface area contributed by atoms with E-state index in [1.165, 1.54) is 17.7 Å². The van der Waals surface area contributed by atoms with Crippen LogP contribution >= 0.6 is 0 Å². The van der Waals surface area contributed by atoms with Gasteiger partial charge in [-0.15, -0.1) is 0 Å². The number of nitrogens with one attached hydrogen (secondary N) is 1. The lowest BCUT2D eigenvalue weighted by atomic mass is 10.1. The zero-order valence-electron chi connectivity index (χ0n) is 16.0. The molecule has 5 heteroatoms. The van der Waals surface area contributed by atoms with E-state index in [-0.39, 0.29) is 5.82 Å². The lowest BCUT2D eigenvalue weighted by Crippen LogP contribution is -2.04. The smallest absolute Gasteiger partial charge is 0.170 e. The maximum atomic E-state index is 13.1. The van der Waals surface area contributed by atoms with Crippen molar-refractivity contribution in [2.45, 2.75) is 13.5 Å². The van der Waals surface area contributed by atoms with Crippen LogP contribution in [0.3, 0.4) is 0 Å². The lowest BCUT2D eigenvalue weighted by Gasteiger charge is -2.03. The van der Waals surface area contributed by atoms with Gasteiger partial charge in [0.2, 0.25) is 0 Å². The number of rotatable bonds is 5. The largest absolute Gasteiger partial charge is 0.494 e. The number of hydrogen-bond acceptors (Lipinski definition) is 4. The summed E-state index contributed by atoms with van der Waals surface area (Å²) in [6, 6.07) is 22.3. The maximum Gasteiger partial charge on any atom is 0.170 e. The van der Waals surface area contributed by atoms with E-state index >= 15 is 0 Å². The fourth-order valence-corrected chi connectivity index (χ4v) is 2.80. The molecule has 0 aliphatic heterocycles. The van der Waals surface area contributed by atoms with Crippen molar-refractivity contribution in [1.29, 1.82) is 0 Å². The quantitative estimate of drug-likeness (QED) is 0.502. The Morgan fingerprint density at radius 2 is 1.75 bits per heavy atom. The molecule has 0 atom stereocenters. The lowest BCUT2D eigenvalue weighted by molar-refractivity contribution is 0.340. The molecule has 0 aliphatic carbocycles. The third-order valence-electron chi connectivity index (χ3n) is 4.10. The predicted octanol–water partition coefficient (Wildman–Crippen LogP) is 5.44. The van der Waals surface area contributed by atoms with Gasteiger partial charge in [-0.3, -0.25) is 0 Å². The highest BCUT2D eigenvalue weighted by molar-refractivity contribution is 5.91. The van der Waals surface area contributed by atoms with Crippen LogP contribution in [-0.2, 0) is 6.54 Å². The Labute approximate surface area is 163 Å². The van der Waals surface area contributed by atoms with Gasteiger partial charge in [-0.2, -0.15) is 0 Å². The van der Waals surface area contributed by atoms with E-state index in [0.29, 0.717) is 17.9 Å². The molecule has 0 aliphatic rings. The molecule has 3 aromatic carbocycles. The zero-order valence-corrected chi connectivity index (χ0v) is 16.0. The summed E-state index contributed by atoms with van der Waals surface area (Å²) in [5, 5.41) is 7.88. The maximum absolute atomic E-state index is 13.1. The van der Waals surface area contributed by atoms with Crippen molar-refractivity contribution in [3.05, 3.63) is 84.2 Å². The topological polar surface area (TPSA) is 47.3 Å². The molecular formula is C23H23FN2O2. The molecule has 1 N–H and O–H groups in total. The van der Waals surface area contributed by atoms with Crippen LogP contribution in [0.1, 0.15) is 12.5 Å². The van der Waals surface area contributed by atoms with Crippen LogP contribution in [0.4, 0.5) is 4.39 Å². The van der Waals surface area contributed by atoms with Crippen LogP contribution in [0.5, 0.6) is 5.75 Å². The van der Waals surface area contributed by atoms with E-state index in [1.807, 2.05) is 56.4 Å². The summed E-state index contributed by atoms with van der Waals surface area (Å²) in [6.07, 6.45) is 0. The number of halogens is 1. The molecular weight excluding hydrogens is 355 g/mol. The van der Waals surface area contributed by atoms with Crippen LogP contribution in [0.15, 0.2) is 77.3 Å². The van der Waals surface area contributed by atoms with Crippen molar-refractivity contribution < 1.29 is 13.7 Å². The number of ether oxygens (including phenoxy) is 1. The Morgan fingerprint density at radius 1 is 1.00 bits per heavy atom. The summed E-state index contributed by atoms with van der Waals surface area (Å²) in [7, 11) is 1.95. The standard InChI is InChI=1S/C15H12FNO2.C8H11N/c1-2-18-12-6-3-10(4-7-12)15-13-8-5-11(16)9-14(13)19-17-15;1-9-7-8-5-3-2-4-6-8/h3-9H,2H2,1H3;2-6,9H,7H2,1H3. The number of benzene rings is 3. The van der Waals surface area contributed by atoms with Gasteiger partial charge in [0.1, 0.15) is 17.3 Å². The van der Waals surface area contributed by atoms with Crippen LogP contribution in [0, 0.1) is 5.82 Å². The molecule has 0 unspecified atom stereocenters. The van der Waals surface area contributed by atoms with Crippen LogP contribution in [-0.4, -0.2) is 18.8 Å². The first-order valence-corrected chi connectivity index (χ1v) is 9.18. The molecule has 28 heavy (non-hydrogen) atoms. The minimum atomic E-state index is -0.332. The number of nitrogens with zero attached hydrogens (tertiary/aromatic N) is 1. The average molecular weight is 378 g/mol. The van der Waals surface area contributed by atoms with Gasteiger partial charge in [0.15, 0.2) is 5.58 Å². The molecule has 0 saturated carbocycles. The second-order valence-corrected chi connectivity index (χ2v) is 6.14. The molecule has 144 valence electrons. The second kappa shape index (κ2) is 9.67. The highest BCUT2D eigenvalue weighted by Crippen LogP contribution is 2.29. The Hall–Kier alpha value is -3.18. The Bertz CT molecular complexity index is 998. The normalized spacial score (nSPS) is 10.4. The first-order chi connectivity index (χ1) is 13.7. The summed E-state index contributed by atoms with van der Waals surface area (Å²) in [6.45, 7) is 3.53. The summed E-state index contributed by atoms with van der Waals surface area (Å²) in [5.74, 6) is 0.479. The minimum Gasteiger partial charge on any atom is -0.494 e. The van der Waals surface area contributed by atoms with Gasteiger partial charge in [-0.05, 0) is 55.9 Å². The van der Waals surface area contributed by atoms with E-state index in [0.717, 1.165) is 23.2 Å². The predicted molar refractivity (Wildman–Crippen MR) is 110 cm³/mol.